The van der Waals surface area contributed by atoms with E-state index in [0.717, 1.165) is 33.6 Å². The zero-order valence-corrected chi connectivity index (χ0v) is 23.8. The number of aromatic nitrogens is 3. The van der Waals surface area contributed by atoms with Crippen molar-refractivity contribution >= 4 is 23.4 Å². The normalized spacial score (nSPS) is 15.0. The van der Waals surface area contributed by atoms with E-state index >= 15 is 0 Å². The van der Waals surface area contributed by atoms with Crippen LogP contribution in [0.15, 0.2) is 112 Å². The van der Waals surface area contributed by atoms with Gasteiger partial charge in [-0.2, -0.15) is 5.10 Å². The van der Waals surface area contributed by atoms with Crippen LogP contribution in [0.4, 0.5) is 0 Å². The van der Waals surface area contributed by atoms with Gasteiger partial charge in [0, 0.05) is 17.3 Å². The third-order valence-electron chi connectivity index (χ3n) is 7.01. The summed E-state index contributed by atoms with van der Waals surface area (Å²) in [6, 6.07) is 27.0. The van der Waals surface area contributed by atoms with Crippen molar-refractivity contribution in [2.75, 3.05) is 6.61 Å². The summed E-state index contributed by atoms with van der Waals surface area (Å²) in [4.78, 5) is 32.5. The average Bonchev–Trinajstić information content (AvgIpc) is 3.54. The number of nitrogens with zero attached hydrogens (tertiary/aromatic N) is 4. The van der Waals surface area contributed by atoms with Gasteiger partial charge >= 0.3 is 5.97 Å². The number of rotatable bonds is 6. The molecule has 0 saturated carbocycles. The lowest BCUT2D eigenvalue weighted by Gasteiger charge is -2.24. The Hall–Kier alpha value is -4.82. The van der Waals surface area contributed by atoms with Crippen LogP contribution in [0.1, 0.15) is 36.6 Å². The monoisotopic (exact) mass is 560 g/mol. The van der Waals surface area contributed by atoms with E-state index in [1.807, 2.05) is 109 Å². The summed E-state index contributed by atoms with van der Waals surface area (Å²) < 4.78 is 9.35. The Morgan fingerprint density at radius 1 is 0.976 bits per heavy atom. The maximum Gasteiger partial charge on any atom is 0.338 e. The second-order valence-electron chi connectivity index (χ2n) is 9.79. The third-order valence-corrected chi connectivity index (χ3v) is 7.99. The molecular weight excluding hydrogens is 532 g/mol. The number of para-hydroxylation sites is 1. The molecule has 0 saturated heterocycles. The summed E-state index contributed by atoms with van der Waals surface area (Å²) in [7, 11) is 0. The first kappa shape index (κ1) is 26.4. The summed E-state index contributed by atoms with van der Waals surface area (Å²) in [6.45, 7) is 5.79. The number of hydrogen-bond donors (Lipinski definition) is 0. The van der Waals surface area contributed by atoms with E-state index in [-0.39, 0.29) is 12.2 Å². The first-order valence-electron chi connectivity index (χ1n) is 13.4. The fraction of sp³-hybridized carbons (Fsp3) is 0.152. The Morgan fingerprint density at radius 2 is 1.66 bits per heavy atom. The van der Waals surface area contributed by atoms with Crippen molar-refractivity contribution in [2.24, 2.45) is 4.99 Å². The van der Waals surface area contributed by atoms with Crippen molar-refractivity contribution in [1.29, 1.82) is 0 Å². The standard InChI is InChI=1S/C33H28N4O3S/c1-4-40-32(39)28-22(3)34-33-37(30(28)24-17-15-21(2)16-18-24)31(38)27(41-33)19-25-20-36(26-13-9-6-10-14-26)35-29(25)23-11-7-5-8-12-23/h5-20,30H,4H2,1-3H3. The number of allylic oxidation sites excluding steroid dienone is 1. The third kappa shape index (κ3) is 4.98. The van der Waals surface area contributed by atoms with Crippen LogP contribution in [0.25, 0.3) is 23.0 Å². The molecule has 5 aromatic rings. The molecule has 1 aliphatic rings. The molecule has 7 nitrogen and oxygen atoms in total. The Kier molecular flexibility index (Phi) is 7.07. The summed E-state index contributed by atoms with van der Waals surface area (Å²) in [5, 5.41) is 4.89. The lowest BCUT2D eigenvalue weighted by molar-refractivity contribution is -0.139. The van der Waals surface area contributed by atoms with Crippen molar-refractivity contribution in [2.45, 2.75) is 26.8 Å². The molecule has 41 heavy (non-hydrogen) atoms. The molecule has 204 valence electrons. The zero-order chi connectivity index (χ0) is 28.5. The van der Waals surface area contributed by atoms with Gasteiger partial charge < -0.3 is 4.74 Å². The second-order valence-corrected chi connectivity index (χ2v) is 10.8. The predicted octanol–water partition coefficient (Wildman–Crippen LogP) is 4.96. The van der Waals surface area contributed by atoms with Crippen molar-refractivity contribution < 1.29 is 9.53 Å². The zero-order valence-electron chi connectivity index (χ0n) is 22.9. The largest absolute Gasteiger partial charge is 0.463 e. The van der Waals surface area contributed by atoms with E-state index in [1.54, 1.807) is 18.4 Å². The molecule has 1 unspecified atom stereocenters. The van der Waals surface area contributed by atoms with E-state index < -0.39 is 12.0 Å². The lowest BCUT2D eigenvalue weighted by Crippen LogP contribution is -2.39. The maximum atomic E-state index is 14.1. The molecule has 0 fully saturated rings. The van der Waals surface area contributed by atoms with Gasteiger partial charge in [0.15, 0.2) is 4.80 Å². The van der Waals surface area contributed by atoms with Crippen molar-refractivity contribution in [3.8, 4) is 16.9 Å². The van der Waals surface area contributed by atoms with Crippen LogP contribution >= 0.6 is 11.3 Å². The van der Waals surface area contributed by atoms with Gasteiger partial charge in [0.1, 0.15) is 0 Å². The number of esters is 1. The van der Waals surface area contributed by atoms with Crippen LogP contribution in [0.5, 0.6) is 0 Å². The quantitative estimate of drug-likeness (QED) is 0.275. The number of ether oxygens (including phenoxy) is 1. The topological polar surface area (TPSA) is 78.5 Å². The molecule has 6 rings (SSSR count). The highest BCUT2D eigenvalue weighted by Gasteiger charge is 2.33. The van der Waals surface area contributed by atoms with E-state index in [1.165, 1.54) is 11.3 Å². The van der Waals surface area contributed by atoms with Crippen LogP contribution in [0, 0.1) is 6.92 Å². The van der Waals surface area contributed by atoms with Gasteiger partial charge in [0.2, 0.25) is 0 Å². The molecule has 0 bridgehead atoms. The van der Waals surface area contributed by atoms with Crippen LogP contribution in [0.2, 0.25) is 0 Å². The summed E-state index contributed by atoms with van der Waals surface area (Å²) in [5.41, 5.74) is 6.03. The smallest absolute Gasteiger partial charge is 0.338 e. The number of fused-ring (bicyclic) bond motifs is 1. The van der Waals surface area contributed by atoms with Crippen molar-refractivity contribution in [3.63, 3.8) is 0 Å². The summed E-state index contributed by atoms with van der Waals surface area (Å²) in [6.07, 6.45) is 3.80. The highest BCUT2D eigenvalue weighted by molar-refractivity contribution is 7.07. The van der Waals surface area contributed by atoms with E-state index in [9.17, 15) is 9.59 Å². The van der Waals surface area contributed by atoms with Crippen molar-refractivity contribution in [3.05, 3.63) is 139 Å². The minimum absolute atomic E-state index is 0.222. The van der Waals surface area contributed by atoms with Gasteiger partial charge in [-0.05, 0) is 44.5 Å². The number of aryl methyl sites for hydroxylation is 1. The summed E-state index contributed by atoms with van der Waals surface area (Å²) in [5.74, 6) is -0.468. The minimum Gasteiger partial charge on any atom is -0.463 e. The molecule has 0 amide bonds. The van der Waals surface area contributed by atoms with Gasteiger partial charge in [-0.15, -0.1) is 0 Å². The number of carbonyl (C=O) groups excluding carboxylic acids is 1. The summed E-state index contributed by atoms with van der Waals surface area (Å²) >= 11 is 1.30. The highest BCUT2D eigenvalue weighted by atomic mass is 32.1. The van der Waals surface area contributed by atoms with E-state index in [4.69, 9.17) is 14.8 Å². The van der Waals surface area contributed by atoms with Gasteiger partial charge in [0.05, 0.1) is 39.8 Å². The number of thiazole rings is 1. The number of carbonyl (C=O) groups is 1. The van der Waals surface area contributed by atoms with Gasteiger partial charge in [-0.1, -0.05) is 89.7 Å². The molecule has 0 radical (unpaired) electrons. The lowest BCUT2D eigenvalue weighted by atomic mass is 9.95. The van der Waals surface area contributed by atoms with Crippen LogP contribution < -0.4 is 14.9 Å². The average molecular weight is 561 g/mol. The Morgan fingerprint density at radius 3 is 2.34 bits per heavy atom. The molecule has 3 heterocycles. The minimum atomic E-state index is -0.645. The van der Waals surface area contributed by atoms with Crippen molar-refractivity contribution in [1.82, 2.24) is 14.3 Å². The Bertz CT molecular complexity index is 1950. The second kappa shape index (κ2) is 11.0. The van der Waals surface area contributed by atoms with Crippen LogP contribution in [-0.4, -0.2) is 26.9 Å². The van der Waals surface area contributed by atoms with Crippen LogP contribution in [0.3, 0.4) is 0 Å². The molecule has 0 aliphatic carbocycles. The molecule has 3 aromatic carbocycles. The first-order valence-corrected chi connectivity index (χ1v) is 14.2. The molecule has 2 aromatic heterocycles. The molecule has 8 heteroatoms. The molecule has 1 aliphatic heterocycles. The van der Waals surface area contributed by atoms with Gasteiger partial charge in [-0.3, -0.25) is 9.36 Å². The number of benzene rings is 3. The fourth-order valence-corrected chi connectivity index (χ4v) is 6.06. The predicted molar refractivity (Wildman–Crippen MR) is 161 cm³/mol. The fourth-order valence-electron chi connectivity index (χ4n) is 5.02. The Balaban J connectivity index is 1.56. The maximum absolute atomic E-state index is 14.1. The molecule has 1 atom stereocenters. The molecule has 0 N–H and O–H groups in total. The van der Waals surface area contributed by atoms with Gasteiger partial charge in [0.25, 0.3) is 5.56 Å². The van der Waals surface area contributed by atoms with Crippen LogP contribution in [-0.2, 0) is 9.53 Å². The van der Waals surface area contributed by atoms with E-state index in [0.29, 0.717) is 20.6 Å². The molecule has 0 spiro atoms. The highest BCUT2D eigenvalue weighted by Crippen LogP contribution is 2.31. The number of hydrogen-bond acceptors (Lipinski definition) is 6. The van der Waals surface area contributed by atoms with E-state index in [2.05, 4.69) is 0 Å². The van der Waals surface area contributed by atoms with Gasteiger partial charge in [-0.25, -0.2) is 14.5 Å². The first-order chi connectivity index (χ1) is 19.9. The Labute approximate surface area is 241 Å². The SMILES string of the molecule is CCOC(=O)C1=C(C)N=c2sc(=Cc3cn(-c4ccccc4)nc3-c3ccccc3)c(=O)n2C1c1ccc(C)cc1. The molecular formula is C33H28N4O3S.